The number of nitrogens with one attached hydrogen (secondary N) is 2. The van der Waals surface area contributed by atoms with Crippen molar-refractivity contribution in [1.29, 1.82) is 0 Å². The number of carbonyl (C=O) groups excluding carboxylic acids is 1. The molecule has 0 spiro atoms. The Morgan fingerprint density at radius 3 is 2.76 bits per heavy atom. The number of piperidine rings is 1. The molecule has 0 bridgehead atoms. The number of nitrogens with zero attached hydrogens (tertiary/aromatic N) is 1. The van der Waals surface area contributed by atoms with Crippen LogP contribution in [0.1, 0.15) is 44.7 Å². The van der Waals surface area contributed by atoms with Crippen molar-refractivity contribution in [2.45, 2.75) is 39.2 Å². The van der Waals surface area contributed by atoms with Crippen LogP contribution in [0.5, 0.6) is 0 Å². The first-order chi connectivity index (χ1) is 12.1. The van der Waals surface area contributed by atoms with Gasteiger partial charge in [0.2, 0.25) is 0 Å². The van der Waals surface area contributed by atoms with E-state index in [2.05, 4.69) is 29.4 Å². The molecule has 0 saturated carbocycles. The maximum atomic E-state index is 12.3. The van der Waals surface area contributed by atoms with Gasteiger partial charge in [-0.15, -0.1) is 0 Å². The summed E-state index contributed by atoms with van der Waals surface area (Å²) in [6, 6.07) is 9.50. The Labute approximate surface area is 151 Å². The van der Waals surface area contributed by atoms with Gasteiger partial charge in [0.1, 0.15) is 0 Å². The summed E-state index contributed by atoms with van der Waals surface area (Å²) >= 11 is 0. The first-order valence-corrected chi connectivity index (χ1v) is 9.51. The summed E-state index contributed by atoms with van der Waals surface area (Å²) in [7, 11) is 0. The zero-order valence-electron chi connectivity index (χ0n) is 15.6. The van der Waals surface area contributed by atoms with Crippen LogP contribution >= 0.6 is 0 Å². The second-order valence-corrected chi connectivity index (χ2v) is 7.49. The molecule has 5 heteroatoms. The molecule has 2 atom stereocenters. The fourth-order valence-electron chi connectivity index (χ4n) is 3.58. The van der Waals surface area contributed by atoms with Crippen LogP contribution in [0.4, 0.5) is 4.79 Å². The summed E-state index contributed by atoms with van der Waals surface area (Å²) in [5.74, 6) is 1.20. The van der Waals surface area contributed by atoms with Crippen molar-refractivity contribution >= 4 is 6.03 Å². The predicted molar refractivity (Wildman–Crippen MR) is 101 cm³/mol. The summed E-state index contributed by atoms with van der Waals surface area (Å²) in [5.41, 5.74) is 1.02. The summed E-state index contributed by atoms with van der Waals surface area (Å²) < 4.78 is 0. The van der Waals surface area contributed by atoms with Crippen molar-refractivity contribution in [3.8, 4) is 0 Å². The largest absolute Gasteiger partial charge is 0.396 e. The van der Waals surface area contributed by atoms with Gasteiger partial charge in [0.05, 0.1) is 6.04 Å². The van der Waals surface area contributed by atoms with E-state index in [0.29, 0.717) is 24.8 Å². The number of likely N-dealkylation sites (tertiary alicyclic amines) is 1. The predicted octanol–water partition coefficient (Wildman–Crippen LogP) is 2.78. The highest BCUT2D eigenvalue weighted by Gasteiger charge is 2.21. The van der Waals surface area contributed by atoms with Crippen molar-refractivity contribution in [3.05, 3.63) is 35.9 Å². The molecule has 3 N–H and O–H groups in total. The fourth-order valence-corrected chi connectivity index (χ4v) is 3.58. The second-order valence-electron chi connectivity index (χ2n) is 7.49. The average Bonchev–Trinajstić information content (AvgIpc) is 2.60. The molecule has 1 heterocycles. The maximum Gasteiger partial charge on any atom is 0.315 e. The van der Waals surface area contributed by atoms with Gasteiger partial charge >= 0.3 is 6.03 Å². The van der Waals surface area contributed by atoms with Gasteiger partial charge in [-0.25, -0.2) is 4.79 Å². The number of hydrogen-bond acceptors (Lipinski definition) is 3. The lowest BCUT2D eigenvalue weighted by molar-refractivity contribution is 0.156. The number of urea groups is 1. The third kappa shape index (κ3) is 7.04. The van der Waals surface area contributed by atoms with Crippen molar-refractivity contribution < 1.29 is 9.90 Å². The summed E-state index contributed by atoms with van der Waals surface area (Å²) in [6.07, 6.45) is 2.90. The zero-order chi connectivity index (χ0) is 18.1. The summed E-state index contributed by atoms with van der Waals surface area (Å²) in [6.45, 7) is 8.63. The first-order valence-electron chi connectivity index (χ1n) is 9.51. The molecule has 1 aliphatic heterocycles. The molecule has 2 amide bonds. The van der Waals surface area contributed by atoms with Gasteiger partial charge in [0.15, 0.2) is 0 Å². The Morgan fingerprint density at radius 1 is 1.32 bits per heavy atom. The third-order valence-electron chi connectivity index (χ3n) is 4.70. The minimum Gasteiger partial charge on any atom is -0.396 e. The standard InChI is InChI=1S/C20H33N3O2/c1-16(2)14-23-11-6-7-17(15-23)13-21-20(25)22-19(10-12-24)18-8-4-3-5-9-18/h3-5,8-9,16-17,19,24H,6-7,10-15H2,1-2H3,(H2,21,22,25)/t17?,19-/m1/s1. The molecule has 1 aromatic rings. The molecule has 1 unspecified atom stereocenters. The van der Waals surface area contributed by atoms with E-state index < -0.39 is 0 Å². The van der Waals surface area contributed by atoms with Gasteiger partial charge in [0, 0.05) is 26.2 Å². The van der Waals surface area contributed by atoms with Gasteiger partial charge in [-0.1, -0.05) is 44.2 Å². The smallest absolute Gasteiger partial charge is 0.315 e. The maximum absolute atomic E-state index is 12.3. The van der Waals surface area contributed by atoms with Crippen molar-refractivity contribution in [1.82, 2.24) is 15.5 Å². The van der Waals surface area contributed by atoms with Crippen LogP contribution in [0.15, 0.2) is 30.3 Å². The van der Waals surface area contributed by atoms with Crippen molar-refractivity contribution in [2.24, 2.45) is 11.8 Å². The van der Waals surface area contributed by atoms with Crippen molar-refractivity contribution in [2.75, 3.05) is 32.8 Å². The van der Waals surface area contributed by atoms with Gasteiger partial charge in [-0.2, -0.15) is 0 Å². The van der Waals surface area contributed by atoms with Crippen molar-refractivity contribution in [3.63, 3.8) is 0 Å². The van der Waals surface area contributed by atoms with E-state index in [-0.39, 0.29) is 18.7 Å². The molecule has 1 aromatic carbocycles. The van der Waals surface area contributed by atoms with Gasteiger partial charge < -0.3 is 20.6 Å². The molecular formula is C20H33N3O2. The van der Waals surface area contributed by atoms with Crippen LogP contribution in [-0.2, 0) is 0 Å². The molecule has 1 saturated heterocycles. The first kappa shape index (κ1) is 19.7. The number of carbonyl (C=O) groups is 1. The highest BCUT2D eigenvalue weighted by atomic mass is 16.3. The van der Waals surface area contributed by atoms with E-state index in [0.717, 1.165) is 18.7 Å². The van der Waals surface area contributed by atoms with Crippen LogP contribution in [-0.4, -0.2) is 48.8 Å². The fraction of sp³-hybridized carbons (Fsp3) is 0.650. The highest BCUT2D eigenvalue weighted by Crippen LogP contribution is 2.18. The average molecular weight is 348 g/mol. The highest BCUT2D eigenvalue weighted by molar-refractivity contribution is 5.74. The summed E-state index contributed by atoms with van der Waals surface area (Å²) in [4.78, 5) is 14.8. The van der Waals surface area contributed by atoms with E-state index in [1.165, 1.54) is 19.4 Å². The van der Waals surface area contributed by atoms with Gasteiger partial charge in [0.25, 0.3) is 0 Å². The van der Waals surface area contributed by atoms with Crippen LogP contribution in [0, 0.1) is 11.8 Å². The molecule has 5 nitrogen and oxygen atoms in total. The minimum absolute atomic E-state index is 0.0482. The SMILES string of the molecule is CC(C)CN1CCCC(CNC(=O)N[C@H](CCO)c2ccccc2)C1. The van der Waals surface area contributed by atoms with E-state index >= 15 is 0 Å². The van der Waals surface area contributed by atoms with E-state index in [9.17, 15) is 9.90 Å². The number of benzene rings is 1. The number of hydrogen-bond donors (Lipinski definition) is 3. The number of aliphatic hydroxyl groups excluding tert-OH is 1. The van der Waals surface area contributed by atoms with E-state index in [4.69, 9.17) is 0 Å². The van der Waals surface area contributed by atoms with Crippen LogP contribution < -0.4 is 10.6 Å². The third-order valence-corrected chi connectivity index (χ3v) is 4.70. The number of amides is 2. The summed E-state index contributed by atoms with van der Waals surface area (Å²) in [5, 5.41) is 15.3. The normalized spacial score (nSPS) is 19.6. The molecule has 0 aliphatic carbocycles. The monoisotopic (exact) mass is 347 g/mol. The Hall–Kier alpha value is -1.59. The number of rotatable bonds is 8. The lowest BCUT2D eigenvalue weighted by Crippen LogP contribution is -2.45. The lowest BCUT2D eigenvalue weighted by atomic mass is 9.97. The minimum atomic E-state index is -0.157. The van der Waals surface area contributed by atoms with E-state index in [1.54, 1.807) is 0 Å². The lowest BCUT2D eigenvalue weighted by Gasteiger charge is -2.34. The molecule has 0 aromatic heterocycles. The van der Waals surface area contributed by atoms with Gasteiger partial charge in [-0.05, 0) is 43.2 Å². The van der Waals surface area contributed by atoms with E-state index in [1.807, 2.05) is 30.3 Å². The Kier molecular flexibility index (Phi) is 8.22. The Balaban J connectivity index is 1.78. The van der Waals surface area contributed by atoms with Crippen LogP contribution in [0.25, 0.3) is 0 Å². The number of aliphatic hydroxyl groups is 1. The molecular weight excluding hydrogens is 314 g/mol. The molecule has 1 aliphatic rings. The second kappa shape index (κ2) is 10.4. The van der Waals surface area contributed by atoms with Crippen LogP contribution in [0.2, 0.25) is 0 Å². The zero-order valence-corrected chi connectivity index (χ0v) is 15.6. The molecule has 0 radical (unpaired) electrons. The topological polar surface area (TPSA) is 64.6 Å². The molecule has 2 rings (SSSR count). The Morgan fingerprint density at radius 2 is 2.08 bits per heavy atom. The molecule has 1 fully saturated rings. The Bertz CT molecular complexity index is 507. The quantitative estimate of drug-likeness (QED) is 0.677. The van der Waals surface area contributed by atoms with Crippen LogP contribution in [0.3, 0.4) is 0 Å². The van der Waals surface area contributed by atoms with Gasteiger partial charge in [-0.3, -0.25) is 0 Å². The molecule has 140 valence electrons. The molecule has 25 heavy (non-hydrogen) atoms.